The first kappa shape index (κ1) is 14.2. The molecule has 0 heterocycles. The minimum Gasteiger partial charge on any atom is -0.295 e. The van der Waals surface area contributed by atoms with Crippen molar-refractivity contribution in [1.82, 2.24) is 0 Å². The van der Waals surface area contributed by atoms with Crippen LogP contribution in [0.5, 0.6) is 0 Å². The van der Waals surface area contributed by atoms with Gasteiger partial charge in [-0.2, -0.15) is 0 Å². The van der Waals surface area contributed by atoms with E-state index >= 15 is 0 Å². The van der Waals surface area contributed by atoms with E-state index in [1.807, 2.05) is 30.3 Å². The summed E-state index contributed by atoms with van der Waals surface area (Å²) in [7, 11) is 0. The number of hydrogen-bond donors (Lipinski definition) is 0. The lowest BCUT2D eigenvalue weighted by molar-refractivity contribution is -0.114. The van der Waals surface area contributed by atoms with E-state index < -0.39 is 0 Å². The highest BCUT2D eigenvalue weighted by molar-refractivity contribution is 9.10. The molecule has 0 saturated carbocycles. The summed E-state index contributed by atoms with van der Waals surface area (Å²) in [5.74, 6) is 0.226. The summed E-state index contributed by atoms with van der Waals surface area (Å²) < 4.78 is 1.06. The van der Waals surface area contributed by atoms with E-state index in [9.17, 15) is 4.79 Å². The van der Waals surface area contributed by atoms with Crippen molar-refractivity contribution < 1.29 is 4.79 Å². The van der Waals surface area contributed by atoms with Gasteiger partial charge in [-0.05, 0) is 30.2 Å². The van der Waals surface area contributed by atoms with Crippen LogP contribution in [0.1, 0.15) is 44.6 Å². The lowest BCUT2D eigenvalue weighted by Gasteiger charge is -1.96. The predicted molar refractivity (Wildman–Crippen MR) is 76.9 cm³/mol. The van der Waals surface area contributed by atoms with Gasteiger partial charge >= 0.3 is 0 Å². The molecule has 17 heavy (non-hydrogen) atoms. The van der Waals surface area contributed by atoms with E-state index in [1.165, 1.54) is 12.8 Å². The van der Waals surface area contributed by atoms with Crippen LogP contribution in [0.2, 0.25) is 0 Å². The molecule has 0 aliphatic heterocycles. The van der Waals surface area contributed by atoms with E-state index in [-0.39, 0.29) is 5.78 Å². The summed E-state index contributed by atoms with van der Waals surface area (Å²) in [5, 5.41) is 0. The van der Waals surface area contributed by atoms with Crippen LogP contribution in [0.4, 0.5) is 0 Å². The summed E-state index contributed by atoms with van der Waals surface area (Å²) in [4.78, 5) is 11.6. The van der Waals surface area contributed by atoms with Gasteiger partial charge in [0.05, 0.1) is 0 Å². The quantitative estimate of drug-likeness (QED) is 0.511. The van der Waals surface area contributed by atoms with E-state index in [0.29, 0.717) is 6.42 Å². The van der Waals surface area contributed by atoms with Gasteiger partial charge < -0.3 is 0 Å². The lowest BCUT2D eigenvalue weighted by atomic mass is 10.1. The fourth-order valence-corrected chi connectivity index (χ4v) is 1.84. The molecule has 0 aliphatic carbocycles. The first-order valence-electron chi connectivity index (χ1n) is 6.19. The Labute approximate surface area is 112 Å². The normalized spacial score (nSPS) is 10.9. The molecule has 0 N–H and O–H groups in total. The largest absolute Gasteiger partial charge is 0.295 e. The third-order valence-corrected chi connectivity index (χ3v) is 3.14. The molecule has 0 atom stereocenters. The molecule has 1 rings (SSSR count). The Morgan fingerprint density at radius 3 is 2.53 bits per heavy atom. The molecule has 0 fully saturated rings. The summed E-state index contributed by atoms with van der Waals surface area (Å²) in [6.45, 7) is 2.18. The number of carbonyl (C=O) groups excluding carboxylic acids is 1. The molecule has 0 unspecified atom stereocenters. The van der Waals surface area contributed by atoms with Crippen molar-refractivity contribution in [1.29, 1.82) is 0 Å². The van der Waals surface area contributed by atoms with Crippen molar-refractivity contribution in [3.8, 4) is 0 Å². The maximum atomic E-state index is 11.6. The van der Waals surface area contributed by atoms with Crippen molar-refractivity contribution in [3.63, 3.8) is 0 Å². The van der Waals surface area contributed by atoms with Crippen LogP contribution in [-0.2, 0) is 4.79 Å². The zero-order chi connectivity index (χ0) is 12.5. The van der Waals surface area contributed by atoms with Gasteiger partial charge in [0.25, 0.3) is 0 Å². The van der Waals surface area contributed by atoms with Gasteiger partial charge in [0, 0.05) is 10.9 Å². The van der Waals surface area contributed by atoms with Gasteiger partial charge in [-0.3, -0.25) is 4.79 Å². The highest BCUT2D eigenvalue weighted by Gasteiger charge is 1.96. The number of benzene rings is 1. The topological polar surface area (TPSA) is 17.1 Å². The van der Waals surface area contributed by atoms with Gasteiger partial charge in [0.15, 0.2) is 5.78 Å². The summed E-state index contributed by atoms with van der Waals surface area (Å²) in [6.07, 6.45) is 8.86. The average Bonchev–Trinajstić information content (AvgIpc) is 2.34. The molecule has 1 nitrogen and oxygen atoms in total. The van der Waals surface area contributed by atoms with E-state index in [0.717, 1.165) is 22.9 Å². The first-order chi connectivity index (χ1) is 8.22. The molecular formula is C15H19BrO. The van der Waals surface area contributed by atoms with Gasteiger partial charge in [0.1, 0.15) is 0 Å². The fourth-order valence-electron chi connectivity index (χ4n) is 1.57. The van der Waals surface area contributed by atoms with Crippen LogP contribution in [0.15, 0.2) is 34.8 Å². The molecule has 0 spiro atoms. The van der Waals surface area contributed by atoms with Crippen molar-refractivity contribution in [3.05, 3.63) is 40.4 Å². The SMILES string of the molecule is CCCCCCC(=O)/C=C\c1ccc(Br)cc1. The van der Waals surface area contributed by atoms with Gasteiger partial charge in [-0.15, -0.1) is 0 Å². The van der Waals surface area contributed by atoms with Gasteiger partial charge in [-0.1, -0.05) is 60.3 Å². The van der Waals surface area contributed by atoms with E-state index in [1.54, 1.807) is 6.08 Å². The third kappa shape index (κ3) is 6.42. The minimum atomic E-state index is 0.226. The summed E-state index contributed by atoms with van der Waals surface area (Å²) in [6, 6.07) is 7.94. The van der Waals surface area contributed by atoms with Crippen LogP contribution < -0.4 is 0 Å². The lowest BCUT2D eigenvalue weighted by Crippen LogP contribution is -1.92. The van der Waals surface area contributed by atoms with Crippen LogP contribution in [-0.4, -0.2) is 5.78 Å². The molecule has 0 saturated heterocycles. The number of carbonyl (C=O) groups is 1. The standard InChI is InChI=1S/C15H19BrO/c1-2-3-4-5-6-15(17)12-9-13-7-10-14(16)11-8-13/h7-12H,2-6H2,1H3/b12-9-. The molecule has 0 aliphatic rings. The van der Waals surface area contributed by atoms with Crippen molar-refractivity contribution in [2.75, 3.05) is 0 Å². The monoisotopic (exact) mass is 294 g/mol. The molecule has 1 aromatic carbocycles. The molecule has 92 valence electrons. The van der Waals surface area contributed by atoms with Gasteiger partial charge in [-0.25, -0.2) is 0 Å². The van der Waals surface area contributed by atoms with E-state index in [2.05, 4.69) is 22.9 Å². The molecule has 0 aromatic heterocycles. The second-order valence-electron chi connectivity index (χ2n) is 4.16. The van der Waals surface area contributed by atoms with Crippen molar-refractivity contribution >= 4 is 27.8 Å². The van der Waals surface area contributed by atoms with Crippen LogP contribution in [0.3, 0.4) is 0 Å². The Hall–Kier alpha value is -0.890. The molecule has 0 amide bonds. The molecular weight excluding hydrogens is 276 g/mol. The second kappa shape index (κ2) is 8.24. The maximum Gasteiger partial charge on any atom is 0.155 e. The van der Waals surface area contributed by atoms with Crippen molar-refractivity contribution in [2.45, 2.75) is 39.0 Å². The fraction of sp³-hybridized carbons (Fsp3) is 0.400. The highest BCUT2D eigenvalue weighted by Crippen LogP contribution is 2.12. The molecule has 0 bridgehead atoms. The third-order valence-electron chi connectivity index (χ3n) is 2.61. The molecule has 2 heteroatoms. The summed E-state index contributed by atoms with van der Waals surface area (Å²) in [5.41, 5.74) is 1.06. The summed E-state index contributed by atoms with van der Waals surface area (Å²) >= 11 is 3.38. The predicted octanol–water partition coefficient (Wildman–Crippen LogP) is 5.00. The zero-order valence-corrected chi connectivity index (χ0v) is 11.9. The van der Waals surface area contributed by atoms with Crippen molar-refractivity contribution in [2.24, 2.45) is 0 Å². The number of unbranched alkanes of at least 4 members (excludes halogenated alkanes) is 3. The average molecular weight is 295 g/mol. The number of hydrogen-bond acceptors (Lipinski definition) is 1. The Balaban J connectivity index is 2.32. The molecule has 0 radical (unpaired) electrons. The highest BCUT2D eigenvalue weighted by atomic mass is 79.9. The van der Waals surface area contributed by atoms with E-state index in [4.69, 9.17) is 0 Å². The van der Waals surface area contributed by atoms with Crippen LogP contribution in [0, 0.1) is 0 Å². The maximum absolute atomic E-state index is 11.6. The number of ketones is 1. The first-order valence-corrected chi connectivity index (χ1v) is 6.98. The molecule has 1 aromatic rings. The van der Waals surface area contributed by atoms with Crippen LogP contribution >= 0.6 is 15.9 Å². The Morgan fingerprint density at radius 1 is 1.18 bits per heavy atom. The number of halogens is 1. The Kier molecular flexibility index (Phi) is 6.87. The Bertz CT molecular complexity index is 365. The van der Waals surface area contributed by atoms with Gasteiger partial charge in [0.2, 0.25) is 0 Å². The zero-order valence-electron chi connectivity index (χ0n) is 10.3. The smallest absolute Gasteiger partial charge is 0.155 e. The minimum absolute atomic E-state index is 0.226. The second-order valence-corrected chi connectivity index (χ2v) is 5.08. The number of rotatable bonds is 7. The Morgan fingerprint density at radius 2 is 1.88 bits per heavy atom. The van der Waals surface area contributed by atoms with Crippen LogP contribution in [0.25, 0.3) is 6.08 Å². The number of allylic oxidation sites excluding steroid dienone is 1.